The first kappa shape index (κ1) is 14.7. The molecule has 0 spiro atoms. The van der Waals surface area contributed by atoms with Crippen molar-refractivity contribution in [3.8, 4) is 0 Å². The van der Waals surface area contributed by atoms with Crippen LogP contribution in [0.1, 0.15) is 13.3 Å². The third-order valence-corrected chi connectivity index (χ3v) is 2.30. The average molecular weight is 235 g/mol. The van der Waals surface area contributed by atoms with Gasteiger partial charge in [0.1, 0.15) is 0 Å². The fourth-order valence-electron chi connectivity index (χ4n) is 0.834. The van der Waals surface area contributed by atoms with Gasteiger partial charge in [-0.05, 0) is 0 Å². The second kappa shape index (κ2) is 6.30. The second-order valence-corrected chi connectivity index (χ2v) is 4.29. The topological polar surface area (TPSA) is 104 Å². The van der Waals surface area contributed by atoms with Crippen LogP contribution in [-0.4, -0.2) is 46.8 Å². The molecule has 85 valence electrons. The van der Waals surface area contributed by atoms with Crippen LogP contribution in [-0.2, 0) is 13.9 Å². The van der Waals surface area contributed by atoms with Crippen molar-refractivity contribution in [1.82, 2.24) is 0 Å². The van der Waals surface area contributed by atoms with Crippen LogP contribution in [0.3, 0.4) is 0 Å². The van der Waals surface area contributed by atoms with Gasteiger partial charge in [-0.2, -0.15) is 0 Å². The fraction of sp³-hybridized carbons (Fsp3) is 0.714. The van der Waals surface area contributed by atoms with Crippen molar-refractivity contribution in [3.05, 3.63) is 0 Å². The Morgan fingerprint density at radius 2 is 2.13 bits per heavy atom. The maximum atomic E-state index is 11.2. The van der Waals surface area contributed by atoms with Crippen LogP contribution >= 0.6 is 7.82 Å². The summed E-state index contributed by atoms with van der Waals surface area (Å²) in [4.78, 5) is 27.9. The molecule has 0 heterocycles. The summed E-state index contributed by atoms with van der Waals surface area (Å²) < 4.78 is 14.4. The van der Waals surface area contributed by atoms with Crippen molar-refractivity contribution in [3.63, 3.8) is 0 Å². The number of aliphatic hydroxyl groups is 1. The summed E-state index contributed by atoms with van der Waals surface area (Å²) in [6.07, 6.45) is -1.27. The molecule has 6 nitrogen and oxygen atoms in total. The van der Waals surface area contributed by atoms with Crippen LogP contribution in [0.25, 0.3) is 0 Å². The Labute approximate surface area is 88.6 Å². The summed E-state index contributed by atoms with van der Waals surface area (Å²) in [5, 5.41) is 9.33. The summed E-state index contributed by atoms with van der Waals surface area (Å²) >= 11 is 0. The average Bonchev–Trinajstić information content (AvgIpc) is 2.12. The SMILES string of the molecule is [B]=CCC(=O)C(C)C(O)COP(=O)(O)O. The molecule has 2 atom stereocenters. The molecule has 0 amide bonds. The molecule has 0 aliphatic rings. The number of phosphoric acid groups is 1. The summed E-state index contributed by atoms with van der Waals surface area (Å²) in [6, 6.07) is 0. The van der Waals surface area contributed by atoms with Gasteiger partial charge in [-0.3, -0.25) is 0 Å². The van der Waals surface area contributed by atoms with E-state index in [9.17, 15) is 14.5 Å². The van der Waals surface area contributed by atoms with Gasteiger partial charge in [0.25, 0.3) is 0 Å². The molecule has 2 unspecified atom stereocenters. The third kappa shape index (κ3) is 6.70. The molecule has 0 aromatic rings. The van der Waals surface area contributed by atoms with E-state index >= 15 is 0 Å². The Hall–Kier alpha value is -0.325. The predicted molar refractivity (Wildman–Crippen MR) is 54.6 cm³/mol. The molecular formula is C7H13BO6P. The monoisotopic (exact) mass is 235 g/mol. The van der Waals surface area contributed by atoms with Crippen LogP contribution in [0, 0.1) is 5.92 Å². The molecule has 0 aromatic carbocycles. The molecule has 0 rings (SSSR count). The zero-order valence-electron chi connectivity index (χ0n) is 8.24. The van der Waals surface area contributed by atoms with E-state index in [0.29, 0.717) is 0 Å². The number of phosphoric ester groups is 1. The number of ketones is 1. The first-order chi connectivity index (χ1) is 6.78. The summed E-state index contributed by atoms with van der Waals surface area (Å²) in [7, 11) is 0.419. The van der Waals surface area contributed by atoms with E-state index in [4.69, 9.17) is 17.3 Å². The van der Waals surface area contributed by atoms with Crippen molar-refractivity contribution in [2.24, 2.45) is 5.92 Å². The molecule has 0 bridgehead atoms. The Morgan fingerprint density at radius 1 is 1.60 bits per heavy atom. The number of rotatable bonds is 7. The molecule has 0 aliphatic heterocycles. The van der Waals surface area contributed by atoms with Gasteiger partial charge in [0.15, 0.2) is 0 Å². The third-order valence-electron chi connectivity index (χ3n) is 1.82. The van der Waals surface area contributed by atoms with E-state index in [0.717, 1.165) is 5.97 Å². The standard InChI is InChI=1S/C7H13BO6P/c1-5(6(9)2-3-8)7(10)4-14-15(11,12)13/h3,5,7,10H,2,4H2,1H3,(H2,11,12,13). The zero-order chi connectivity index (χ0) is 12.1. The number of Topliss-reactive ketones (excluding diaryl/α,β-unsaturated/α-hetero) is 1. The maximum absolute atomic E-state index is 11.2. The molecule has 3 N–H and O–H groups in total. The van der Waals surface area contributed by atoms with Gasteiger partial charge >= 0.3 is 87.8 Å². The van der Waals surface area contributed by atoms with Gasteiger partial charge in [-0.25, -0.2) is 0 Å². The first-order valence-corrected chi connectivity index (χ1v) is 5.75. The second-order valence-electron chi connectivity index (χ2n) is 3.05. The van der Waals surface area contributed by atoms with Gasteiger partial charge in [-0.1, -0.05) is 0 Å². The summed E-state index contributed by atoms with van der Waals surface area (Å²) in [6.45, 7) is 0.835. The van der Waals surface area contributed by atoms with Crippen molar-refractivity contribution in [2.75, 3.05) is 6.61 Å². The number of hydrogen-bond donors (Lipinski definition) is 3. The van der Waals surface area contributed by atoms with Crippen LogP contribution in [0.2, 0.25) is 0 Å². The van der Waals surface area contributed by atoms with Gasteiger partial charge in [0, 0.05) is 0 Å². The summed E-state index contributed by atoms with van der Waals surface area (Å²) in [5.41, 5.74) is 0. The first-order valence-electron chi connectivity index (χ1n) is 4.22. The number of aliphatic hydroxyl groups excluding tert-OH is 1. The Morgan fingerprint density at radius 3 is 2.53 bits per heavy atom. The van der Waals surface area contributed by atoms with Gasteiger partial charge < -0.3 is 0 Å². The van der Waals surface area contributed by atoms with E-state index in [1.54, 1.807) is 0 Å². The van der Waals surface area contributed by atoms with E-state index in [-0.39, 0.29) is 12.2 Å². The van der Waals surface area contributed by atoms with Crippen molar-refractivity contribution < 1.29 is 28.8 Å². The fourth-order valence-corrected chi connectivity index (χ4v) is 1.18. The van der Waals surface area contributed by atoms with Gasteiger partial charge in [0.2, 0.25) is 0 Å². The summed E-state index contributed by atoms with van der Waals surface area (Å²) in [5.74, 6) is 0.0470. The van der Waals surface area contributed by atoms with Crippen LogP contribution in [0.4, 0.5) is 0 Å². The Kier molecular flexibility index (Phi) is 6.16. The van der Waals surface area contributed by atoms with Crippen LogP contribution < -0.4 is 0 Å². The molecule has 8 heteroatoms. The minimum absolute atomic E-state index is 0.00582. The van der Waals surface area contributed by atoms with E-state index in [1.165, 1.54) is 6.92 Å². The Balaban J connectivity index is 4.09. The van der Waals surface area contributed by atoms with E-state index in [1.807, 2.05) is 0 Å². The van der Waals surface area contributed by atoms with Crippen LogP contribution in [0.15, 0.2) is 0 Å². The number of hydrogen-bond acceptors (Lipinski definition) is 4. The molecule has 15 heavy (non-hydrogen) atoms. The molecule has 0 saturated heterocycles. The van der Waals surface area contributed by atoms with Crippen molar-refractivity contribution >= 4 is 27.1 Å². The van der Waals surface area contributed by atoms with Crippen molar-refractivity contribution in [1.29, 1.82) is 0 Å². The number of carbonyl (C=O) groups excluding carboxylic acids is 1. The minimum atomic E-state index is -4.61. The molecule has 0 fully saturated rings. The molecule has 0 saturated carbocycles. The molecule has 0 aromatic heterocycles. The number of carbonyl (C=O) groups is 1. The normalized spacial score (nSPS) is 15.7. The zero-order valence-corrected chi connectivity index (χ0v) is 9.13. The quantitative estimate of drug-likeness (QED) is 0.387. The van der Waals surface area contributed by atoms with E-state index < -0.39 is 26.5 Å². The Bertz CT molecular complexity index is 275. The van der Waals surface area contributed by atoms with Crippen molar-refractivity contribution in [2.45, 2.75) is 19.4 Å². The molecule has 1 radical (unpaired) electrons. The predicted octanol–water partition coefficient (Wildman–Crippen LogP) is -0.977. The van der Waals surface area contributed by atoms with E-state index in [2.05, 4.69) is 4.52 Å². The molecular weight excluding hydrogens is 222 g/mol. The molecule has 0 aliphatic carbocycles. The van der Waals surface area contributed by atoms with Gasteiger partial charge in [-0.15, -0.1) is 0 Å². The van der Waals surface area contributed by atoms with Crippen LogP contribution in [0.5, 0.6) is 0 Å². The van der Waals surface area contributed by atoms with Gasteiger partial charge in [0.05, 0.1) is 0 Å².